The minimum absolute atomic E-state index is 0. The van der Waals surface area contributed by atoms with Gasteiger partial charge < -0.3 is 39.2 Å². The summed E-state index contributed by atoms with van der Waals surface area (Å²) in [5.74, 6) is 0. The van der Waals surface area contributed by atoms with E-state index in [0.29, 0.717) is 0 Å². The van der Waals surface area contributed by atoms with Crippen LogP contribution in [0.2, 0.25) is 0 Å². The van der Waals surface area contributed by atoms with Gasteiger partial charge in [0, 0.05) is 70.0 Å². The van der Waals surface area contributed by atoms with Crippen LogP contribution in [0.25, 0.3) is 78.1 Å². The van der Waals surface area contributed by atoms with Gasteiger partial charge in [-0.25, -0.2) is 0 Å². The molecule has 15 heteroatoms. The molecule has 0 N–H and O–H groups in total. The Balaban J connectivity index is 0.000000139. The van der Waals surface area contributed by atoms with Crippen molar-refractivity contribution in [1.82, 2.24) is 29.4 Å². The van der Waals surface area contributed by atoms with Gasteiger partial charge in [-0.05, 0) is 182 Å². The van der Waals surface area contributed by atoms with Gasteiger partial charge in [0.25, 0.3) is 0 Å². The Hall–Kier alpha value is -12.7. The number of aryl methyl sites for hydroxylation is 8. The number of nitrogens with zero attached hydrogens (tertiary/aromatic N) is 12. The molecular weight excluding hydrogens is 2070 g/mol. The molecule has 0 atom stereocenters. The molecule has 0 saturated heterocycles. The van der Waals surface area contributed by atoms with Crippen molar-refractivity contribution in [2.24, 2.45) is 0 Å². The van der Waals surface area contributed by atoms with E-state index in [1.54, 1.807) is 0 Å². The minimum atomic E-state index is 0. The van der Waals surface area contributed by atoms with Crippen molar-refractivity contribution < 1.29 is 60.3 Å². The summed E-state index contributed by atoms with van der Waals surface area (Å²) in [5.41, 5.74) is 35.6. The first-order valence-electron chi connectivity index (χ1n) is 41.1. The van der Waals surface area contributed by atoms with Crippen molar-refractivity contribution >= 4 is 45.5 Å². The first kappa shape index (κ1) is 91.5. The molecule has 16 aromatic rings. The van der Waals surface area contributed by atoms with Crippen molar-refractivity contribution in [3.05, 3.63) is 454 Å². The second kappa shape index (κ2) is 43.1. The van der Waals surface area contributed by atoms with Gasteiger partial charge in [-0.15, -0.1) is 64.1 Å². The predicted octanol–water partition coefficient (Wildman–Crippen LogP) is 25.7. The van der Waals surface area contributed by atoms with Crippen molar-refractivity contribution in [2.75, 3.05) is 64.3 Å². The molecule has 0 bridgehead atoms. The number of hydrogen-bond donors (Lipinski definition) is 0. The maximum absolute atomic E-state index is 4.37. The predicted molar refractivity (Wildman–Crippen MR) is 507 cm³/mol. The van der Waals surface area contributed by atoms with E-state index in [4.69, 9.17) is 0 Å². The van der Waals surface area contributed by atoms with E-state index in [-0.39, 0.29) is 60.3 Å². The van der Waals surface area contributed by atoms with Crippen LogP contribution in [0.1, 0.15) is 45.0 Å². The molecule has 0 unspecified atom stereocenters. The van der Waals surface area contributed by atoms with Crippen LogP contribution in [0.5, 0.6) is 0 Å². The summed E-state index contributed by atoms with van der Waals surface area (Å²) in [7, 11) is 8.22. The van der Waals surface area contributed by atoms with Crippen molar-refractivity contribution in [2.45, 2.75) is 55.4 Å². The zero-order valence-corrected chi connectivity index (χ0v) is 79.5. The largest absolute Gasteiger partial charge is 3.00 e. The molecule has 4 aliphatic rings. The third-order valence-electron chi connectivity index (χ3n) is 21.5. The molecule has 0 spiro atoms. The van der Waals surface area contributed by atoms with Gasteiger partial charge in [-0.2, -0.15) is 164 Å². The number of benzene rings is 14. The number of fused-ring (bicyclic) bond motifs is 2. The Labute approximate surface area is 780 Å². The third-order valence-corrected chi connectivity index (χ3v) is 21.5. The quantitative estimate of drug-likeness (QED) is 0.111. The van der Waals surface area contributed by atoms with E-state index in [2.05, 4.69) is 379 Å². The number of aromatic nitrogens is 4. The topological polar surface area (TPSA) is 61.6 Å². The van der Waals surface area contributed by atoms with E-state index < -0.39 is 0 Å². The molecule has 0 fully saturated rings. The van der Waals surface area contributed by atoms with Gasteiger partial charge in [0.2, 0.25) is 0 Å². The fourth-order valence-electron chi connectivity index (χ4n) is 15.7. The fourth-order valence-corrected chi connectivity index (χ4v) is 15.7. The van der Waals surface area contributed by atoms with Crippen LogP contribution in [0.15, 0.2) is 352 Å². The van der Waals surface area contributed by atoms with Gasteiger partial charge in [-0.1, -0.05) is 208 Å². The first-order valence-corrected chi connectivity index (χ1v) is 41.1. The Morgan fingerprint density at radius 2 is 0.632 bits per heavy atom. The summed E-state index contributed by atoms with van der Waals surface area (Å²) in [5, 5.41) is 8.73. The number of rotatable bonds is 12. The standard InChI is InChI=1S/C26H21N2.2C24H22N2.C14H12N2.2C11H11N2.3Ir/c1-27-19-28(26-10-6-5-9-25(26)27)24-17-15-23(16-18-24)22-13-11-21(12-14-22)20-7-3-2-4-8-20;2*1-18-15-22(20-7-5-4-6-8-20)16-19(2)24(18)21-9-11-23(12-10-21)26-14-13-25(3)17-26;1-15-11-16(12-7-3-2-4-8-12)14-10-6-5-9-13(14)15;2*1-9-8-10(2)13(12-9)11-6-4-3-5-7-11;;;/h2-17H,19H2,1H3;2*4-11,13-17H,1-3H3;2-7,9-11H,1H3;2*3-6,8H,1-2H3;;;/q-1;3*-2;2*-1;;;+3. The SMILES string of the molecule is CN1CN(c2[c-]cc(-c3ccc(-c4ccccc4)cc3)cc2)c2ccccc21.CN1[CH-]N(c2[c-]cccc2)c2ccccc21.Cc1cc(-c2ccccc2)cc(C)c1-c1c[c-]c(N2C=CN(C)[CH-]2)cc1.Cc1cc(-c2ccccc2)cc(C)c1-c1c[c-]c(N2C=CN(C)[CH-]2)cc1.Cc1cc(C)n(-c2[c-]cccc2)n1.Cc1cc(C)n(-c2[c-]cccc2)n1.[Ir+3].[Ir].[Ir]. The van der Waals surface area contributed by atoms with Gasteiger partial charge in [0.05, 0.1) is 29.4 Å². The van der Waals surface area contributed by atoms with Crippen molar-refractivity contribution in [1.29, 1.82) is 0 Å². The summed E-state index contributed by atoms with van der Waals surface area (Å²) in [6.45, 7) is 23.8. The Kier molecular flexibility index (Phi) is 31.6. The van der Waals surface area contributed by atoms with Crippen LogP contribution in [-0.2, 0) is 60.3 Å². The van der Waals surface area contributed by atoms with Crippen LogP contribution in [-0.4, -0.2) is 64.2 Å². The van der Waals surface area contributed by atoms with Crippen molar-refractivity contribution in [3.8, 4) is 78.1 Å². The first-order chi connectivity index (χ1) is 59.4. The Morgan fingerprint density at radius 1 is 0.288 bits per heavy atom. The summed E-state index contributed by atoms with van der Waals surface area (Å²) in [6, 6.07) is 133. The van der Waals surface area contributed by atoms with Gasteiger partial charge in [0.15, 0.2) is 0 Å². The molecule has 632 valence electrons. The summed E-state index contributed by atoms with van der Waals surface area (Å²) in [4.78, 5) is 17.0. The molecule has 4 aliphatic heterocycles. The molecule has 6 heterocycles. The van der Waals surface area contributed by atoms with Gasteiger partial charge in [-0.3, -0.25) is 9.36 Å². The van der Waals surface area contributed by atoms with Crippen LogP contribution in [0, 0.1) is 112 Å². The van der Waals surface area contributed by atoms with Crippen LogP contribution < -0.4 is 29.4 Å². The van der Waals surface area contributed by atoms with E-state index >= 15 is 0 Å². The monoisotopic (exact) mass is 2170 g/mol. The number of anilines is 8. The number of hydrogen-bond acceptors (Lipinski definition) is 10. The van der Waals surface area contributed by atoms with Crippen LogP contribution in [0.3, 0.4) is 0 Å². The molecule has 0 amide bonds. The average Bonchev–Trinajstić information content (AvgIpc) is 1.78. The van der Waals surface area contributed by atoms with Crippen LogP contribution in [0.4, 0.5) is 45.5 Å². The van der Waals surface area contributed by atoms with Gasteiger partial charge >= 0.3 is 20.1 Å². The summed E-state index contributed by atoms with van der Waals surface area (Å²) in [6.07, 6.45) is 8.13. The molecule has 0 aliphatic carbocycles. The zero-order chi connectivity index (χ0) is 84.6. The van der Waals surface area contributed by atoms with E-state index in [1.807, 2.05) is 172 Å². The van der Waals surface area contributed by atoms with Crippen molar-refractivity contribution in [3.63, 3.8) is 0 Å². The molecule has 14 aromatic carbocycles. The second-order valence-corrected chi connectivity index (χ2v) is 30.8. The fraction of sp³-hybridized carbons (Fsp3) is 0.118. The number of para-hydroxylation sites is 7. The maximum atomic E-state index is 4.37. The molecule has 125 heavy (non-hydrogen) atoms. The Morgan fingerprint density at radius 3 is 1.01 bits per heavy atom. The molecule has 2 aromatic heterocycles. The molecule has 2 radical (unpaired) electrons. The Bertz CT molecular complexity index is 5900. The normalized spacial score (nSPS) is 12.4. The molecule has 20 rings (SSSR count). The summed E-state index contributed by atoms with van der Waals surface area (Å²) >= 11 is 0. The third kappa shape index (κ3) is 22.5. The van der Waals surface area contributed by atoms with Crippen LogP contribution >= 0.6 is 0 Å². The van der Waals surface area contributed by atoms with E-state index in [0.717, 1.165) is 63.6 Å². The molecular formula is C110H99Ir3N12-6. The smallest absolute Gasteiger partial charge is 0.510 e. The minimum Gasteiger partial charge on any atom is -0.510 e. The van der Waals surface area contributed by atoms with E-state index in [9.17, 15) is 0 Å². The summed E-state index contributed by atoms with van der Waals surface area (Å²) < 4.78 is 3.80. The molecule has 12 nitrogen and oxygen atoms in total. The maximum Gasteiger partial charge on any atom is 3.00 e. The average molecular weight is 2170 g/mol. The van der Waals surface area contributed by atoms with E-state index in [1.165, 1.54) is 112 Å². The zero-order valence-electron chi connectivity index (χ0n) is 72.3. The second-order valence-electron chi connectivity index (χ2n) is 30.8. The molecule has 0 saturated carbocycles. The van der Waals surface area contributed by atoms with Gasteiger partial charge in [0.1, 0.15) is 0 Å².